The van der Waals surface area contributed by atoms with E-state index in [4.69, 9.17) is 0 Å². The van der Waals surface area contributed by atoms with Crippen LogP contribution in [0.25, 0.3) is 0 Å². The molecule has 2 amide bonds. The molecule has 0 aliphatic heterocycles. The number of carbonyl (C=O) groups excluding carboxylic acids is 2. The molecule has 2 aromatic carbocycles. The first-order valence-corrected chi connectivity index (χ1v) is 11.5. The van der Waals surface area contributed by atoms with Crippen molar-refractivity contribution >= 4 is 35.6 Å². The molecule has 0 fully saturated rings. The maximum atomic E-state index is 11.8. The molecule has 0 spiro atoms. The highest BCUT2D eigenvalue weighted by atomic mass is 16.6. The molecule has 0 saturated carbocycles. The van der Waals surface area contributed by atoms with Gasteiger partial charge in [-0.3, -0.25) is 29.8 Å². The second-order valence-electron chi connectivity index (χ2n) is 7.84. The van der Waals surface area contributed by atoms with Gasteiger partial charge in [0, 0.05) is 25.0 Å². The summed E-state index contributed by atoms with van der Waals surface area (Å²) in [5.74, 6) is -0.522. The minimum atomic E-state index is -0.509. The standard InChI is InChI=1S/C24H28N6O6/c31-23(27-25-17-19-11-7-9-13-21(19)29(33)34)15-5-3-1-2-4-6-16-24(32)28-26-18-20-12-8-10-14-22(20)30(35)36/h7-14,17-18H,1-6,15-16H2,(H,27,31)(H,28,32)/b25-17+,26-18+. The summed E-state index contributed by atoms with van der Waals surface area (Å²) in [5, 5.41) is 29.5. The van der Waals surface area contributed by atoms with E-state index in [9.17, 15) is 29.8 Å². The number of nitro groups is 2. The number of nitro benzene ring substituents is 2. The van der Waals surface area contributed by atoms with E-state index in [0.717, 1.165) is 25.7 Å². The van der Waals surface area contributed by atoms with Gasteiger partial charge in [0.05, 0.1) is 33.4 Å². The van der Waals surface area contributed by atoms with E-state index < -0.39 is 9.85 Å². The van der Waals surface area contributed by atoms with E-state index in [1.165, 1.54) is 24.6 Å². The van der Waals surface area contributed by atoms with Crippen LogP contribution in [0.15, 0.2) is 58.7 Å². The topological polar surface area (TPSA) is 169 Å². The van der Waals surface area contributed by atoms with Crippen LogP contribution < -0.4 is 10.9 Å². The first kappa shape index (κ1) is 27.8. The Hall–Kier alpha value is -4.48. The molecule has 2 rings (SSSR count). The number of hydrazone groups is 2. The number of rotatable bonds is 15. The molecule has 2 N–H and O–H groups in total. The first-order chi connectivity index (χ1) is 17.4. The second-order valence-corrected chi connectivity index (χ2v) is 7.84. The number of hydrogen-bond acceptors (Lipinski definition) is 8. The van der Waals surface area contributed by atoms with Crippen LogP contribution in [0.2, 0.25) is 0 Å². The van der Waals surface area contributed by atoms with Crippen molar-refractivity contribution in [2.75, 3.05) is 0 Å². The molecule has 0 atom stereocenters. The van der Waals surface area contributed by atoms with Gasteiger partial charge in [-0.05, 0) is 25.0 Å². The van der Waals surface area contributed by atoms with Gasteiger partial charge < -0.3 is 0 Å². The van der Waals surface area contributed by atoms with Crippen LogP contribution in [-0.2, 0) is 9.59 Å². The molecule has 2 aromatic rings. The number of benzene rings is 2. The van der Waals surface area contributed by atoms with Crippen molar-refractivity contribution in [2.24, 2.45) is 10.2 Å². The summed E-state index contributed by atoms with van der Waals surface area (Å²) < 4.78 is 0. The third-order valence-electron chi connectivity index (χ3n) is 5.11. The van der Waals surface area contributed by atoms with Gasteiger partial charge in [-0.25, -0.2) is 10.9 Å². The van der Waals surface area contributed by atoms with E-state index in [1.54, 1.807) is 36.4 Å². The van der Waals surface area contributed by atoms with Gasteiger partial charge in [0.25, 0.3) is 11.4 Å². The van der Waals surface area contributed by atoms with Crippen LogP contribution in [0.4, 0.5) is 11.4 Å². The Labute approximate surface area is 207 Å². The molecule has 0 aliphatic carbocycles. The van der Waals surface area contributed by atoms with Crippen molar-refractivity contribution in [1.29, 1.82) is 0 Å². The van der Waals surface area contributed by atoms with Gasteiger partial charge in [0.1, 0.15) is 0 Å². The third kappa shape index (κ3) is 10.2. The second kappa shape index (κ2) is 15.4. The third-order valence-corrected chi connectivity index (χ3v) is 5.11. The summed E-state index contributed by atoms with van der Waals surface area (Å²) in [7, 11) is 0. The van der Waals surface area contributed by atoms with Gasteiger partial charge in [0.15, 0.2) is 0 Å². The van der Waals surface area contributed by atoms with Crippen LogP contribution in [0.1, 0.15) is 62.5 Å². The van der Waals surface area contributed by atoms with E-state index in [0.29, 0.717) is 36.8 Å². The number of carbonyl (C=O) groups is 2. The molecule has 0 unspecified atom stereocenters. The van der Waals surface area contributed by atoms with Crippen LogP contribution in [0, 0.1) is 20.2 Å². The smallest absolute Gasteiger partial charge is 0.273 e. The molecule has 0 aliphatic rings. The lowest BCUT2D eigenvalue weighted by Crippen LogP contribution is -2.17. The summed E-state index contributed by atoms with van der Waals surface area (Å²) in [6.45, 7) is 0. The SMILES string of the molecule is O=C(CCCCCCCCC(=O)N/N=C/c1ccccc1[N+](=O)[O-])N/N=C/c1ccccc1[N+](=O)[O-]. The fourth-order valence-corrected chi connectivity index (χ4v) is 3.26. The Balaban J connectivity index is 1.52. The van der Waals surface area contributed by atoms with Crippen molar-refractivity contribution in [3.63, 3.8) is 0 Å². The average molecular weight is 497 g/mol. The summed E-state index contributed by atoms with van der Waals surface area (Å²) in [4.78, 5) is 44.6. The summed E-state index contributed by atoms with van der Waals surface area (Å²) in [6.07, 6.45) is 8.03. The highest BCUT2D eigenvalue weighted by molar-refractivity contribution is 5.87. The van der Waals surface area contributed by atoms with Gasteiger partial charge in [0.2, 0.25) is 11.8 Å². The maximum absolute atomic E-state index is 11.8. The van der Waals surface area contributed by atoms with Crippen LogP contribution >= 0.6 is 0 Å². The zero-order chi connectivity index (χ0) is 26.2. The Bertz CT molecular complexity index is 1030. The first-order valence-electron chi connectivity index (χ1n) is 11.5. The fraction of sp³-hybridized carbons (Fsp3) is 0.333. The molecular weight excluding hydrogens is 468 g/mol. The number of para-hydroxylation sites is 2. The zero-order valence-electron chi connectivity index (χ0n) is 19.7. The van der Waals surface area contributed by atoms with Crippen LogP contribution in [0.5, 0.6) is 0 Å². The maximum Gasteiger partial charge on any atom is 0.278 e. The highest BCUT2D eigenvalue weighted by Crippen LogP contribution is 2.16. The van der Waals surface area contributed by atoms with E-state index in [1.807, 2.05) is 0 Å². The number of unbranched alkanes of at least 4 members (excludes halogenated alkanes) is 5. The Morgan fingerprint density at radius 1 is 0.667 bits per heavy atom. The monoisotopic (exact) mass is 496 g/mol. The molecule has 0 bridgehead atoms. The molecule has 190 valence electrons. The lowest BCUT2D eigenvalue weighted by Gasteiger charge is -2.02. The van der Waals surface area contributed by atoms with Gasteiger partial charge in [-0.1, -0.05) is 49.9 Å². The van der Waals surface area contributed by atoms with Crippen molar-refractivity contribution < 1.29 is 19.4 Å². The highest BCUT2D eigenvalue weighted by Gasteiger charge is 2.11. The largest absolute Gasteiger partial charge is 0.278 e. The number of hydrogen-bond donors (Lipinski definition) is 2. The lowest BCUT2D eigenvalue weighted by atomic mass is 10.1. The fourth-order valence-electron chi connectivity index (χ4n) is 3.26. The van der Waals surface area contributed by atoms with E-state index in [-0.39, 0.29) is 23.2 Å². The quantitative estimate of drug-likeness (QED) is 0.162. The minimum Gasteiger partial charge on any atom is -0.273 e. The predicted octanol–water partition coefficient (Wildman–Crippen LogP) is 4.22. The number of nitrogens with one attached hydrogen (secondary N) is 2. The Kier molecular flexibility index (Phi) is 11.9. The Morgan fingerprint density at radius 3 is 1.42 bits per heavy atom. The molecule has 0 aromatic heterocycles. The molecule has 12 nitrogen and oxygen atoms in total. The minimum absolute atomic E-state index is 0.0841. The van der Waals surface area contributed by atoms with Crippen molar-refractivity contribution in [3.8, 4) is 0 Å². The molecule has 0 radical (unpaired) electrons. The summed E-state index contributed by atoms with van der Waals surface area (Å²) in [5.41, 5.74) is 5.20. The molecular formula is C24H28N6O6. The van der Waals surface area contributed by atoms with Gasteiger partial charge >= 0.3 is 0 Å². The summed E-state index contributed by atoms with van der Waals surface area (Å²) >= 11 is 0. The zero-order valence-corrected chi connectivity index (χ0v) is 19.7. The van der Waals surface area contributed by atoms with Crippen LogP contribution in [0.3, 0.4) is 0 Å². The number of amides is 2. The molecule has 12 heteroatoms. The van der Waals surface area contributed by atoms with Crippen molar-refractivity contribution in [2.45, 2.75) is 51.4 Å². The average Bonchev–Trinajstić information content (AvgIpc) is 2.86. The number of nitrogens with zero attached hydrogens (tertiary/aromatic N) is 4. The Morgan fingerprint density at radius 2 is 1.03 bits per heavy atom. The summed E-state index contributed by atoms with van der Waals surface area (Å²) in [6, 6.07) is 12.2. The van der Waals surface area contributed by atoms with E-state index >= 15 is 0 Å². The normalized spacial score (nSPS) is 11.0. The van der Waals surface area contributed by atoms with Gasteiger partial charge in [-0.2, -0.15) is 10.2 Å². The van der Waals surface area contributed by atoms with Crippen molar-refractivity contribution in [3.05, 3.63) is 79.9 Å². The lowest BCUT2D eigenvalue weighted by molar-refractivity contribution is -0.385. The van der Waals surface area contributed by atoms with Crippen molar-refractivity contribution in [1.82, 2.24) is 10.9 Å². The van der Waals surface area contributed by atoms with E-state index in [2.05, 4.69) is 21.1 Å². The van der Waals surface area contributed by atoms with Crippen LogP contribution in [-0.4, -0.2) is 34.1 Å². The molecule has 0 heterocycles. The molecule has 0 saturated heterocycles. The molecule has 36 heavy (non-hydrogen) atoms. The van der Waals surface area contributed by atoms with Gasteiger partial charge in [-0.15, -0.1) is 0 Å². The predicted molar refractivity (Wildman–Crippen MR) is 135 cm³/mol.